The molecule has 0 bridgehead atoms. The van der Waals surface area contributed by atoms with Crippen molar-refractivity contribution in [1.82, 2.24) is 5.32 Å². The molecular formula is C13H19ClN2O. The summed E-state index contributed by atoms with van der Waals surface area (Å²) in [5.41, 5.74) is 1.63. The molecule has 0 saturated heterocycles. The van der Waals surface area contributed by atoms with E-state index in [9.17, 15) is 4.79 Å². The van der Waals surface area contributed by atoms with Crippen LogP contribution in [-0.4, -0.2) is 12.6 Å². The first kappa shape index (κ1) is 13.8. The van der Waals surface area contributed by atoms with Crippen LogP contribution in [0.5, 0.6) is 0 Å². The third kappa shape index (κ3) is 4.65. The maximum absolute atomic E-state index is 11.6. The molecule has 0 unspecified atom stereocenters. The number of rotatable bonds is 4. The van der Waals surface area contributed by atoms with Crippen LogP contribution >= 0.6 is 11.6 Å². The number of hydrogen-bond donors (Lipinski definition) is 2. The molecule has 17 heavy (non-hydrogen) atoms. The standard InChI is InChI=1S/C13H19ClN2O/c1-9(2)7-8-15-13(17)16-12-6-4-5-11(14)10(12)3/h4-6,9H,7-8H2,1-3H3,(H2,15,16,17). The number of anilines is 1. The molecule has 4 heteroatoms. The first-order chi connectivity index (χ1) is 8.00. The van der Waals surface area contributed by atoms with Crippen molar-refractivity contribution >= 4 is 23.3 Å². The summed E-state index contributed by atoms with van der Waals surface area (Å²) in [6, 6.07) is 5.28. The van der Waals surface area contributed by atoms with Gasteiger partial charge in [-0.1, -0.05) is 31.5 Å². The number of halogens is 1. The zero-order valence-electron chi connectivity index (χ0n) is 10.5. The summed E-state index contributed by atoms with van der Waals surface area (Å²) in [4.78, 5) is 11.6. The van der Waals surface area contributed by atoms with Crippen molar-refractivity contribution in [3.8, 4) is 0 Å². The Labute approximate surface area is 108 Å². The number of benzene rings is 1. The highest BCUT2D eigenvalue weighted by Gasteiger charge is 2.05. The van der Waals surface area contributed by atoms with E-state index in [1.807, 2.05) is 19.1 Å². The molecular weight excluding hydrogens is 236 g/mol. The molecule has 0 aliphatic carbocycles. The average molecular weight is 255 g/mol. The van der Waals surface area contributed by atoms with Gasteiger partial charge in [-0.2, -0.15) is 0 Å². The Morgan fingerprint density at radius 2 is 2.12 bits per heavy atom. The number of amides is 2. The lowest BCUT2D eigenvalue weighted by Crippen LogP contribution is -2.30. The minimum Gasteiger partial charge on any atom is -0.338 e. The van der Waals surface area contributed by atoms with Gasteiger partial charge >= 0.3 is 6.03 Å². The Kier molecular flexibility index (Phi) is 5.29. The zero-order valence-corrected chi connectivity index (χ0v) is 11.3. The predicted molar refractivity (Wildman–Crippen MR) is 72.7 cm³/mol. The first-order valence-electron chi connectivity index (χ1n) is 5.80. The normalized spacial score (nSPS) is 10.4. The van der Waals surface area contributed by atoms with E-state index >= 15 is 0 Å². The lowest BCUT2D eigenvalue weighted by Gasteiger charge is -2.11. The maximum Gasteiger partial charge on any atom is 0.319 e. The monoisotopic (exact) mass is 254 g/mol. The number of carbonyl (C=O) groups is 1. The minimum atomic E-state index is -0.184. The molecule has 0 saturated carbocycles. The molecule has 1 rings (SSSR count). The summed E-state index contributed by atoms with van der Waals surface area (Å²) in [5.74, 6) is 0.586. The number of carbonyl (C=O) groups excluding carboxylic acids is 1. The van der Waals surface area contributed by atoms with Crippen molar-refractivity contribution in [3.05, 3.63) is 28.8 Å². The highest BCUT2D eigenvalue weighted by atomic mass is 35.5. The van der Waals surface area contributed by atoms with Crippen molar-refractivity contribution in [3.63, 3.8) is 0 Å². The topological polar surface area (TPSA) is 41.1 Å². The van der Waals surface area contributed by atoms with E-state index in [1.165, 1.54) is 0 Å². The van der Waals surface area contributed by atoms with Crippen LogP contribution in [-0.2, 0) is 0 Å². The zero-order chi connectivity index (χ0) is 12.8. The van der Waals surface area contributed by atoms with Gasteiger partial charge in [0.15, 0.2) is 0 Å². The maximum atomic E-state index is 11.6. The molecule has 1 aromatic carbocycles. The van der Waals surface area contributed by atoms with Crippen molar-refractivity contribution in [1.29, 1.82) is 0 Å². The number of urea groups is 1. The van der Waals surface area contributed by atoms with Crippen LogP contribution in [0.2, 0.25) is 5.02 Å². The van der Waals surface area contributed by atoms with Gasteiger partial charge in [-0.15, -0.1) is 0 Å². The van der Waals surface area contributed by atoms with Gasteiger partial charge in [0, 0.05) is 17.3 Å². The molecule has 0 aromatic heterocycles. The molecule has 0 heterocycles. The van der Waals surface area contributed by atoms with Gasteiger partial charge < -0.3 is 10.6 Å². The molecule has 2 N–H and O–H groups in total. The predicted octanol–water partition coefficient (Wildman–Crippen LogP) is 3.82. The Hall–Kier alpha value is -1.22. The van der Waals surface area contributed by atoms with Gasteiger partial charge in [-0.3, -0.25) is 0 Å². The molecule has 2 amide bonds. The molecule has 0 aliphatic rings. The van der Waals surface area contributed by atoms with Gasteiger partial charge in [0.2, 0.25) is 0 Å². The summed E-state index contributed by atoms with van der Waals surface area (Å²) in [6.07, 6.45) is 0.974. The van der Waals surface area contributed by atoms with Crippen LogP contribution in [0, 0.1) is 12.8 Å². The van der Waals surface area contributed by atoms with Gasteiger partial charge in [-0.25, -0.2) is 4.79 Å². The molecule has 0 atom stereocenters. The summed E-state index contributed by atoms with van der Waals surface area (Å²) in [7, 11) is 0. The van der Waals surface area contributed by atoms with Crippen LogP contribution in [0.25, 0.3) is 0 Å². The van der Waals surface area contributed by atoms with Crippen LogP contribution in [0.3, 0.4) is 0 Å². The van der Waals surface area contributed by atoms with E-state index in [4.69, 9.17) is 11.6 Å². The molecule has 0 spiro atoms. The number of nitrogens with one attached hydrogen (secondary N) is 2. The van der Waals surface area contributed by atoms with Crippen molar-refractivity contribution < 1.29 is 4.79 Å². The van der Waals surface area contributed by atoms with E-state index in [1.54, 1.807) is 6.07 Å². The third-order valence-electron chi connectivity index (χ3n) is 2.52. The van der Waals surface area contributed by atoms with Gasteiger partial charge in [0.1, 0.15) is 0 Å². The van der Waals surface area contributed by atoms with Gasteiger partial charge in [0.25, 0.3) is 0 Å². The SMILES string of the molecule is Cc1c(Cl)cccc1NC(=O)NCCC(C)C. The average Bonchev–Trinajstić information content (AvgIpc) is 2.24. The Bertz CT molecular complexity index is 391. The van der Waals surface area contributed by atoms with Crippen LogP contribution in [0.15, 0.2) is 18.2 Å². The fraction of sp³-hybridized carbons (Fsp3) is 0.462. The fourth-order valence-electron chi connectivity index (χ4n) is 1.38. The molecule has 94 valence electrons. The number of hydrogen-bond acceptors (Lipinski definition) is 1. The summed E-state index contributed by atoms with van der Waals surface area (Å²) in [6.45, 7) is 6.82. The van der Waals surface area contributed by atoms with Crippen LogP contribution in [0.4, 0.5) is 10.5 Å². The second kappa shape index (κ2) is 6.50. The van der Waals surface area contributed by atoms with E-state index in [2.05, 4.69) is 24.5 Å². The van der Waals surface area contributed by atoms with Gasteiger partial charge in [0.05, 0.1) is 0 Å². The van der Waals surface area contributed by atoms with Gasteiger partial charge in [-0.05, 0) is 37.0 Å². The summed E-state index contributed by atoms with van der Waals surface area (Å²) in [5, 5.41) is 6.26. The third-order valence-corrected chi connectivity index (χ3v) is 2.93. The van der Waals surface area contributed by atoms with Crippen LogP contribution < -0.4 is 10.6 Å². The largest absolute Gasteiger partial charge is 0.338 e. The second-order valence-corrected chi connectivity index (χ2v) is 4.88. The Balaban J connectivity index is 2.48. The highest BCUT2D eigenvalue weighted by Crippen LogP contribution is 2.22. The van der Waals surface area contributed by atoms with E-state index in [-0.39, 0.29) is 6.03 Å². The quantitative estimate of drug-likeness (QED) is 0.843. The van der Waals surface area contributed by atoms with E-state index in [0.29, 0.717) is 17.5 Å². The van der Waals surface area contributed by atoms with Crippen molar-refractivity contribution in [2.24, 2.45) is 5.92 Å². The molecule has 3 nitrogen and oxygen atoms in total. The Morgan fingerprint density at radius 3 is 2.76 bits per heavy atom. The summed E-state index contributed by atoms with van der Waals surface area (Å²) < 4.78 is 0. The van der Waals surface area contributed by atoms with E-state index < -0.39 is 0 Å². The fourth-order valence-corrected chi connectivity index (χ4v) is 1.56. The Morgan fingerprint density at radius 1 is 1.41 bits per heavy atom. The van der Waals surface area contributed by atoms with Crippen molar-refractivity contribution in [2.45, 2.75) is 27.2 Å². The minimum absolute atomic E-state index is 0.184. The highest BCUT2D eigenvalue weighted by molar-refractivity contribution is 6.31. The molecule has 0 fully saturated rings. The molecule has 1 aromatic rings. The molecule has 0 aliphatic heterocycles. The lowest BCUT2D eigenvalue weighted by atomic mass is 10.1. The molecule has 0 radical (unpaired) electrons. The summed E-state index contributed by atoms with van der Waals surface area (Å²) >= 11 is 5.97. The second-order valence-electron chi connectivity index (χ2n) is 4.48. The lowest BCUT2D eigenvalue weighted by molar-refractivity contribution is 0.251. The van der Waals surface area contributed by atoms with Crippen LogP contribution in [0.1, 0.15) is 25.8 Å². The van der Waals surface area contributed by atoms with E-state index in [0.717, 1.165) is 17.7 Å². The van der Waals surface area contributed by atoms with Crippen molar-refractivity contribution in [2.75, 3.05) is 11.9 Å². The smallest absolute Gasteiger partial charge is 0.319 e. The first-order valence-corrected chi connectivity index (χ1v) is 6.18.